The highest BCUT2D eigenvalue weighted by molar-refractivity contribution is 6.31. The summed E-state index contributed by atoms with van der Waals surface area (Å²) in [5.41, 5.74) is 3.85. The third kappa shape index (κ3) is 6.70. The minimum absolute atomic E-state index is 0.105. The van der Waals surface area contributed by atoms with Gasteiger partial charge in [-0.1, -0.05) is 48.9 Å². The molecule has 2 aromatic rings. The SMILES string of the molecule is CCN(CC(=O)NCc1ccccc1C)CC(=O)Nc1cc(Cl)ccc1C. The lowest BCUT2D eigenvalue weighted by molar-refractivity contribution is -0.123. The number of carbonyl (C=O) groups excluding carboxylic acids is 2. The van der Waals surface area contributed by atoms with E-state index < -0.39 is 0 Å². The van der Waals surface area contributed by atoms with Crippen molar-refractivity contribution in [3.63, 3.8) is 0 Å². The van der Waals surface area contributed by atoms with Gasteiger partial charge in [0.05, 0.1) is 13.1 Å². The van der Waals surface area contributed by atoms with Crippen molar-refractivity contribution in [2.45, 2.75) is 27.3 Å². The summed E-state index contributed by atoms with van der Waals surface area (Å²) in [6, 6.07) is 13.3. The first-order chi connectivity index (χ1) is 12.9. The van der Waals surface area contributed by atoms with Gasteiger partial charge in [-0.15, -0.1) is 0 Å². The molecule has 0 heterocycles. The second-order valence-electron chi connectivity index (χ2n) is 6.51. The summed E-state index contributed by atoms with van der Waals surface area (Å²) in [5.74, 6) is -0.277. The second kappa shape index (κ2) is 10.1. The number of hydrogen-bond donors (Lipinski definition) is 2. The number of halogens is 1. The maximum Gasteiger partial charge on any atom is 0.238 e. The van der Waals surface area contributed by atoms with Crippen LogP contribution < -0.4 is 10.6 Å². The zero-order valence-electron chi connectivity index (χ0n) is 16.0. The van der Waals surface area contributed by atoms with Crippen LogP contribution in [-0.2, 0) is 16.1 Å². The quantitative estimate of drug-likeness (QED) is 0.728. The summed E-state index contributed by atoms with van der Waals surface area (Å²) in [5, 5.41) is 6.34. The van der Waals surface area contributed by atoms with E-state index in [-0.39, 0.29) is 24.9 Å². The molecule has 0 aromatic heterocycles. The molecule has 27 heavy (non-hydrogen) atoms. The molecule has 2 amide bonds. The van der Waals surface area contributed by atoms with Crippen molar-refractivity contribution in [2.75, 3.05) is 25.0 Å². The highest BCUT2D eigenvalue weighted by atomic mass is 35.5. The van der Waals surface area contributed by atoms with Crippen LogP contribution >= 0.6 is 11.6 Å². The van der Waals surface area contributed by atoms with E-state index in [1.54, 1.807) is 17.0 Å². The number of aryl methyl sites for hydroxylation is 2. The number of carbonyl (C=O) groups is 2. The van der Waals surface area contributed by atoms with E-state index in [1.165, 1.54) is 0 Å². The third-order valence-electron chi connectivity index (χ3n) is 4.39. The van der Waals surface area contributed by atoms with E-state index >= 15 is 0 Å². The van der Waals surface area contributed by atoms with Crippen LogP contribution in [0.5, 0.6) is 0 Å². The van der Waals surface area contributed by atoms with E-state index in [1.807, 2.05) is 51.1 Å². The Morgan fingerprint density at radius 1 is 1.00 bits per heavy atom. The minimum atomic E-state index is -0.172. The van der Waals surface area contributed by atoms with Gasteiger partial charge in [0.1, 0.15) is 0 Å². The number of anilines is 1. The van der Waals surface area contributed by atoms with Crippen LogP contribution in [0.2, 0.25) is 5.02 Å². The van der Waals surface area contributed by atoms with Gasteiger partial charge in [-0.25, -0.2) is 0 Å². The van der Waals surface area contributed by atoms with Crippen LogP contribution in [-0.4, -0.2) is 36.3 Å². The summed E-state index contributed by atoms with van der Waals surface area (Å²) in [4.78, 5) is 26.4. The number of rotatable bonds is 8. The van der Waals surface area contributed by atoms with Crippen molar-refractivity contribution >= 4 is 29.1 Å². The topological polar surface area (TPSA) is 61.4 Å². The van der Waals surface area contributed by atoms with Crippen LogP contribution in [0.3, 0.4) is 0 Å². The Hall–Kier alpha value is -2.37. The lowest BCUT2D eigenvalue weighted by atomic mass is 10.1. The molecular weight excluding hydrogens is 362 g/mol. The maximum absolute atomic E-state index is 12.3. The Bertz CT molecular complexity index is 808. The molecule has 0 spiro atoms. The van der Waals surface area contributed by atoms with Gasteiger partial charge in [0.25, 0.3) is 0 Å². The van der Waals surface area contributed by atoms with Crippen LogP contribution in [0.15, 0.2) is 42.5 Å². The molecule has 0 aliphatic carbocycles. The van der Waals surface area contributed by atoms with Crippen molar-refractivity contribution < 1.29 is 9.59 Å². The lowest BCUT2D eigenvalue weighted by Crippen LogP contribution is -2.41. The maximum atomic E-state index is 12.3. The van der Waals surface area contributed by atoms with E-state index in [4.69, 9.17) is 11.6 Å². The molecular formula is C21H26ClN3O2. The summed E-state index contributed by atoms with van der Waals surface area (Å²) in [6.45, 7) is 7.23. The van der Waals surface area contributed by atoms with Gasteiger partial charge in [-0.2, -0.15) is 0 Å². The Kier molecular flexibility index (Phi) is 7.82. The fourth-order valence-electron chi connectivity index (χ4n) is 2.66. The molecule has 0 bridgehead atoms. The Morgan fingerprint density at radius 3 is 2.41 bits per heavy atom. The molecule has 0 saturated heterocycles. The molecule has 2 aromatic carbocycles. The zero-order chi connectivity index (χ0) is 19.8. The number of nitrogens with zero attached hydrogens (tertiary/aromatic N) is 1. The lowest BCUT2D eigenvalue weighted by Gasteiger charge is -2.20. The standard InChI is InChI=1S/C21H26ClN3O2/c1-4-25(13-20(26)23-12-17-8-6-5-7-15(17)2)14-21(27)24-19-11-18(22)10-9-16(19)3/h5-11H,4,12-14H2,1-3H3,(H,23,26)(H,24,27). The molecule has 2 N–H and O–H groups in total. The van der Waals surface area contributed by atoms with E-state index in [2.05, 4.69) is 10.6 Å². The molecule has 0 fully saturated rings. The molecule has 6 heteroatoms. The molecule has 0 aliphatic rings. The molecule has 144 valence electrons. The Labute approximate surface area is 165 Å². The number of likely N-dealkylation sites (N-methyl/N-ethyl adjacent to an activating group) is 1. The van der Waals surface area contributed by atoms with Gasteiger partial charge in [0.2, 0.25) is 11.8 Å². The van der Waals surface area contributed by atoms with Crippen LogP contribution in [0.1, 0.15) is 23.6 Å². The molecule has 2 rings (SSSR count). The molecule has 0 aliphatic heterocycles. The predicted molar refractivity (Wildman–Crippen MR) is 110 cm³/mol. The first-order valence-electron chi connectivity index (χ1n) is 8.98. The average Bonchev–Trinajstić information content (AvgIpc) is 2.63. The van der Waals surface area contributed by atoms with Crippen LogP contribution in [0.4, 0.5) is 5.69 Å². The largest absolute Gasteiger partial charge is 0.351 e. The fraction of sp³-hybridized carbons (Fsp3) is 0.333. The molecule has 0 atom stereocenters. The van der Waals surface area contributed by atoms with Gasteiger partial charge in [0, 0.05) is 17.3 Å². The smallest absolute Gasteiger partial charge is 0.238 e. The van der Waals surface area contributed by atoms with Crippen LogP contribution in [0.25, 0.3) is 0 Å². The first kappa shape index (κ1) is 20.9. The van der Waals surface area contributed by atoms with Crippen molar-refractivity contribution in [3.8, 4) is 0 Å². The summed E-state index contributed by atoms with van der Waals surface area (Å²) >= 11 is 5.98. The summed E-state index contributed by atoms with van der Waals surface area (Å²) < 4.78 is 0. The first-order valence-corrected chi connectivity index (χ1v) is 9.36. The van der Waals surface area contributed by atoms with Gasteiger partial charge in [-0.05, 0) is 49.2 Å². The minimum Gasteiger partial charge on any atom is -0.351 e. The van der Waals surface area contributed by atoms with E-state index in [0.717, 1.165) is 16.7 Å². The fourth-order valence-corrected chi connectivity index (χ4v) is 2.83. The summed E-state index contributed by atoms with van der Waals surface area (Å²) in [7, 11) is 0. The third-order valence-corrected chi connectivity index (χ3v) is 4.63. The predicted octanol–water partition coefficient (Wildman–Crippen LogP) is 3.53. The number of hydrogen-bond acceptors (Lipinski definition) is 3. The van der Waals surface area contributed by atoms with E-state index in [0.29, 0.717) is 23.8 Å². The molecule has 5 nitrogen and oxygen atoms in total. The number of nitrogens with one attached hydrogen (secondary N) is 2. The van der Waals surface area contributed by atoms with Gasteiger partial charge < -0.3 is 10.6 Å². The molecule has 0 saturated carbocycles. The zero-order valence-corrected chi connectivity index (χ0v) is 16.8. The number of amides is 2. The van der Waals surface area contributed by atoms with Gasteiger partial charge in [-0.3, -0.25) is 14.5 Å². The Morgan fingerprint density at radius 2 is 1.70 bits per heavy atom. The normalized spacial score (nSPS) is 10.7. The van der Waals surface area contributed by atoms with Crippen molar-refractivity contribution in [3.05, 3.63) is 64.2 Å². The monoisotopic (exact) mass is 387 g/mol. The highest BCUT2D eigenvalue weighted by Gasteiger charge is 2.14. The van der Waals surface area contributed by atoms with E-state index in [9.17, 15) is 9.59 Å². The van der Waals surface area contributed by atoms with Gasteiger partial charge in [0.15, 0.2) is 0 Å². The van der Waals surface area contributed by atoms with Crippen molar-refractivity contribution in [1.82, 2.24) is 10.2 Å². The molecule has 0 radical (unpaired) electrons. The summed E-state index contributed by atoms with van der Waals surface area (Å²) in [6.07, 6.45) is 0. The van der Waals surface area contributed by atoms with Crippen LogP contribution in [0, 0.1) is 13.8 Å². The molecule has 0 unspecified atom stereocenters. The average molecular weight is 388 g/mol. The van der Waals surface area contributed by atoms with Gasteiger partial charge >= 0.3 is 0 Å². The highest BCUT2D eigenvalue weighted by Crippen LogP contribution is 2.20. The number of benzene rings is 2. The Balaban J connectivity index is 1.85. The van der Waals surface area contributed by atoms with Crippen molar-refractivity contribution in [2.24, 2.45) is 0 Å². The van der Waals surface area contributed by atoms with Crippen molar-refractivity contribution in [1.29, 1.82) is 0 Å². The second-order valence-corrected chi connectivity index (χ2v) is 6.95.